The lowest BCUT2D eigenvalue weighted by Crippen LogP contribution is -2.03. The summed E-state index contributed by atoms with van der Waals surface area (Å²) < 4.78 is 5.79. The number of hydrogen-bond acceptors (Lipinski definition) is 3. The Morgan fingerprint density at radius 3 is 2.86 bits per heavy atom. The van der Waals surface area contributed by atoms with Crippen LogP contribution < -0.4 is 10.1 Å². The van der Waals surface area contributed by atoms with Gasteiger partial charge in [-0.3, -0.25) is 4.98 Å². The molecule has 0 bridgehead atoms. The van der Waals surface area contributed by atoms with E-state index in [2.05, 4.69) is 17.2 Å². The SMILES string of the molecule is CCc1c(NC)cncc1OC1CC1. The van der Waals surface area contributed by atoms with Crippen LogP contribution in [0, 0.1) is 0 Å². The lowest BCUT2D eigenvalue weighted by Gasteiger charge is -2.12. The van der Waals surface area contributed by atoms with E-state index in [1.54, 1.807) is 0 Å². The maximum Gasteiger partial charge on any atom is 0.143 e. The maximum atomic E-state index is 5.79. The Balaban J connectivity index is 2.26. The van der Waals surface area contributed by atoms with Crippen molar-refractivity contribution in [2.45, 2.75) is 32.3 Å². The van der Waals surface area contributed by atoms with Crippen molar-refractivity contribution in [3.05, 3.63) is 18.0 Å². The van der Waals surface area contributed by atoms with Gasteiger partial charge in [-0.25, -0.2) is 0 Å². The number of rotatable bonds is 4. The van der Waals surface area contributed by atoms with E-state index >= 15 is 0 Å². The fraction of sp³-hybridized carbons (Fsp3) is 0.545. The van der Waals surface area contributed by atoms with Crippen LogP contribution in [0.1, 0.15) is 25.3 Å². The molecule has 1 saturated carbocycles. The van der Waals surface area contributed by atoms with E-state index in [-0.39, 0.29) is 0 Å². The first-order valence-electron chi connectivity index (χ1n) is 5.16. The van der Waals surface area contributed by atoms with Gasteiger partial charge in [-0.2, -0.15) is 0 Å². The summed E-state index contributed by atoms with van der Waals surface area (Å²) in [6.45, 7) is 2.13. The number of nitrogens with zero attached hydrogens (tertiary/aromatic N) is 1. The smallest absolute Gasteiger partial charge is 0.143 e. The van der Waals surface area contributed by atoms with Crippen LogP contribution >= 0.6 is 0 Å². The summed E-state index contributed by atoms with van der Waals surface area (Å²) in [5.74, 6) is 0.946. The quantitative estimate of drug-likeness (QED) is 0.794. The van der Waals surface area contributed by atoms with Crippen LogP contribution in [-0.4, -0.2) is 18.1 Å². The van der Waals surface area contributed by atoms with E-state index < -0.39 is 0 Å². The van der Waals surface area contributed by atoms with Crippen LogP contribution in [0.5, 0.6) is 5.75 Å². The van der Waals surface area contributed by atoms with Gasteiger partial charge in [-0.1, -0.05) is 6.92 Å². The Hall–Kier alpha value is -1.25. The maximum absolute atomic E-state index is 5.79. The lowest BCUT2D eigenvalue weighted by atomic mass is 10.1. The van der Waals surface area contributed by atoms with Gasteiger partial charge in [-0.15, -0.1) is 0 Å². The zero-order valence-electron chi connectivity index (χ0n) is 8.71. The first-order chi connectivity index (χ1) is 6.85. The average molecular weight is 192 g/mol. The van der Waals surface area contributed by atoms with Crippen LogP contribution in [0.4, 0.5) is 5.69 Å². The van der Waals surface area contributed by atoms with Crippen molar-refractivity contribution in [3.8, 4) is 5.75 Å². The fourth-order valence-corrected chi connectivity index (χ4v) is 1.52. The van der Waals surface area contributed by atoms with Gasteiger partial charge in [0.25, 0.3) is 0 Å². The van der Waals surface area contributed by atoms with Gasteiger partial charge < -0.3 is 10.1 Å². The van der Waals surface area contributed by atoms with E-state index in [0.717, 1.165) is 17.9 Å². The first-order valence-corrected chi connectivity index (χ1v) is 5.16. The third kappa shape index (κ3) is 1.81. The summed E-state index contributed by atoms with van der Waals surface area (Å²) in [6, 6.07) is 0. The molecule has 1 aromatic heterocycles. The molecule has 2 rings (SSSR count). The molecular formula is C11H16N2O. The molecule has 14 heavy (non-hydrogen) atoms. The normalized spacial score (nSPS) is 15.3. The molecule has 0 saturated heterocycles. The third-order valence-electron chi connectivity index (χ3n) is 2.46. The molecular weight excluding hydrogens is 176 g/mol. The second-order valence-corrected chi connectivity index (χ2v) is 3.58. The van der Waals surface area contributed by atoms with E-state index in [1.165, 1.54) is 18.4 Å². The van der Waals surface area contributed by atoms with Crippen molar-refractivity contribution in [2.75, 3.05) is 12.4 Å². The van der Waals surface area contributed by atoms with E-state index in [1.807, 2.05) is 19.4 Å². The van der Waals surface area contributed by atoms with Gasteiger partial charge in [0.05, 0.1) is 24.2 Å². The number of nitrogens with one attached hydrogen (secondary N) is 1. The topological polar surface area (TPSA) is 34.2 Å². The highest BCUT2D eigenvalue weighted by Crippen LogP contribution is 2.31. The molecule has 1 fully saturated rings. The Labute approximate surface area is 84.5 Å². The predicted molar refractivity (Wildman–Crippen MR) is 56.8 cm³/mol. The minimum Gasteiger partial charge on any atom is -0.488 e. The van der Waals surface area contributed by atoms with Crippen LogP contribution in [0.25, 0.3) is 0 Å². The highest BCUT2D eigenvalue weighted by molar-refractivity contribution is 5.55. The molecule has 0 radical (unpaired) electrons. The number of anilines is 1. The van der Waals surface area contributed by atoms with Crippen molar-refractivity contribution in [3.63, 3.8) is 0 Å². The zero-order chi connectivity index (χ0) is 9.97. The minimum absolute atomic E-state index is 0.439. The van der Waals surface area contributed by atoms with Gasteiger partial charge >= 0.3 is 0 Å². The number of aromatic nitrogens is 1. The standard InChI is InChI=1S/C11H16N2O/c1-3-9-10(12-2)6-13-7-11(9)14-8-4-5-8/h6-8,12H,3-5H2,1-2H3. The molecule has 1 heterocycles. The summed E-state index contributed by atoms with van der Waals surface area (Å²) in [4.78, 5) is 4.16. The second-order valence-electron chi connectivity index (χ2n) is 3.58. The molecule has 0 aliphatic heterocycles. The van der Waals surface area contributed by atoms with Crippen molar-refractivity contribution in [1.82, 2.24) is 4.98 Å². The summed E-state index contributed by atoms with van der Waals surface area (Å²) in [7, 11) is 1.91. The van der Waals surface area contributed by atoms with Gasteiger partial charge in [0.2, 0.25) is 0 Å². The molecule has 1 aliphatic rings. The van der Waals surface area contributed by atoms with Crippen LogP contribution in [0.2, 0.25) is 0 Å². The monoisotopic (exact) mass is 192 g/mol. The van der Waals surface area contributed by atoms with Gasteiger partial charge in [0.15, 0.2) is 0 Å². The van der Waals surface area contributed by atoms with Crippen LogP contribution in [0.3, 0.4) is 0 Å². The molecule has 1 aromatic rings. The van der Waals surface area contributed by atoms with Gasteiger partial charge in [-0.05, 0) is 19.3 Å². The van der Waals surface area contributed by atoms with Crippen molar-refractivity contribution in [1.29, 1.82) is 0 Å². The highest BCUT2D eigenvalue weighted by atomic mass is 16.5. The molecule has 0 aromatic carbocycles. The molecule has 0 spiro atoms. The highest BCUT2D eigenvalue weighted by Gasteiger charge is 2.24. The van der Waals surface area contributed by atoms with E-state index in [0.29, 0.717) is 6.10 Å². The van der Waals surface area contributed by atoms with Crippen LogP contribution in [-0.2, 0) is 6.42 Å². The van der Waals surface area contributed by atoms with Crippen molar-refractivity contribution < 1.29 is 4.74 Å². The van der Waals surface area contributed by atoms with E-state index in [4.69, 9.17) is 4.74 Å². The van der Waals surface area contributed by atoms with Gasteiger partial charge in [0.1, 0.15) is 5.75 Å². The summed E-state index contributed by atoms with van der Waals surface area (Å²) in [6.07, 6.45) is 7.45. The fourth-order valence-electron chi connectivity index (χ4n) is 1.52. The molecule has 1 N–H and O–H groups in total. The predicted octanol–water partition coefficient (Wildman–Crippen LogP) is 2.23. The molecule has 0 amide bonds. The molecule has 3 heteroatoms. The first kappa shape index (κ1) is 9.31. The number of hydrogen-bond donors (Lipinski definition) is 1. The summed E-state index contributed by atoms with van der Waals surface area (Å²) in [5, 5.41) is 3.14. The summed E-state index contributed by atoms with van der Waals surface area (Å²) in [5.41, 5.74) is 2.31. The molecule has 0 atom stereocenters. The lowest BCUT2D eigenvalue weighted by molar-refractivity contribution is 0.299. The Morgan fingerprint density at radius 1 is 1.50 bits per heavy atom. The van der Waals surface area contributed by atoms with E-state index in [9.17, 15) is 0 Å². The Kier molecular flexibility index (Phi) is 2.57. The average Bonchev–Trinajstić information content (AvgIpc) is 3.01. The number of pyridine rings is 1. The Bertz CT molecular complexity index is 321. The Morgan fingerprint density at radius 2 is 2.29 bits per heavy atom. The largest absolute Gasteiger partial charge is 0.488 e. The van der Waals surface area contributed by atoms with Crippen molar-refractivity contribution in [2.24, 2.45) is 0 Å². The van der Waals surface area contributed by atoms with Crippen molar-refractivity contribution >= 4 is 5.69 Å². The van der Waals surface area contributed by atoms with Crippen LogP contribution in [0.15, 0.2) is 12.4 Å². The molecule has 1 aliphatic carbocycles. The second kappa shape index (κ2) is 3.86. The molecule has 3 nitrogen and oxygen atoms in total. The molecule has 0 unspecified atom stereocenters. The number of ether oxygens (including phenoxy) is 1. The molecule has 76 valence electrons. The summed E-state index contributed by atoms with van der Waals surface area (Å²) >= 11 is 0. The third-order valence-corrected chi connectivity index (χ3v) is 2.46. The zero-order valence-corrected chi connectivity index (χ0v) is 8.71. The minimum atomic E-state index is 0.439. The van der Waals surface area contributed by atoms with Gasteiger partial charge in [0, 0.05) is 12.6 Å².